The Bertz CT molecular complexity index is 607. The van der Waals surface area contributed by atoms with Gasteiger partial charge in [0.25, 0.3) is 0 Å². The molecule has 6 heteroatoms. The maximum atomic E-state index is 4.66. The van der Waals surface area contributed by atoms with Gasteiger partial charge in [0, 0.05) is 56.9 Å². The van der Waals surface area contributed by atoms with Gasteiger partial charge in [-0.05, 0) is 25.6 Å². The van der Waals surface area contributed by atoms with Crippen LogP contribution in [0.4, 0.5) is 11.8 Å². The van der Waals surface area contributed by atoms with Crippen LogP contribution in [0.2, 0.25) is 0 Å². The molecule has 0 amide bonds. The van der Waals surface area contributed by atoms with E-state index >= 15 is 0 Å². The van der Waals surface area contributed by atoms with Crippen LogP contribution in [-0.4, -0.2) is 53.1 Å². The molecule has 0 spiro atoms. The molecule has 1 aliphatic rings. The van der Waals surface area contributed by atoms with Gasteiger partial charge in [0.05, 0.1) is 0 Å². The zero-order chi connectivity index (χ0) is 15.4. The number of likely N-dealkylation sites (N-methyl/N-ethyl adjacent to an activating group) is 1. The standard InChI is InChI=1S/C16H22N6/c1-13-10-15(18-12-14-4-3-5-17-11-14)20-16(19-13)22-8-6-21(2)7-9-22/h3-5,10-11H,6-9,12H2,1-2H3,(H,18,19,20). The Morgan fingerprint density at radius 3 is 2.73 bits per heavy atom. The lowest BCUT2D eigenvalue weighted by Gasteiger charge is -2.32. The maximum Gasteiger partial charge on any atom is 0.227 e. The molecular weight excluding hydrogens is 276 g/mol. The number of pyridine rings is 1. The second-order valence-corrected chi connectivity index (χ2v) is 5.70. The Hall–Kier alpha value is -2.21. The zero-order valence-corrected chi connectivity index (χ0v) is 13.2. The molecule has 1 aliphatic heterocycles. The van der Waals surface area contributed by atoms with E-state index in [9.17, 15) is 0 Å². The highest BCUT2D eigenvalue weighted by Gasteiger charge is 2.17. The summed E-state index contributed by atoms with van der Waals surface area (Å²) in [6.07, 6.45) is 3.65. The fourth-order valence-corrected chi connectivity index (χ4v) is 2.49. The highest BCUT2D eigenvalue weighted by molar-refractivity contribution is 5.44. The molecule has 0 bridgehead atoms. The van der Waals surface area contributed by atoms with Crippen molar-refractivity contribution in [2.45, 2.75) is 13.5 Å². The minimum absolute atomic E-state index is 0.715. The number of hydrogen-bond donors (Lipinski definition) is 1. The minimum Gasteiger partial charge on any atom is -0.366 e. The Morgan fingerprint density at radius 2 is 2.00 bits per heavy atom. The third-order valence-electron chi connectivity index (χ3n) is 3.82. The lowest BCUT2D eigenvalue weighted by molar-refractivity contribution is 0.311. The number of aryl methyl sites for hydroxylation is 1. The van der Waals surface area contributed by atoms with Crippen LogP contribution < -0.4 is 10.2 Å². The van der Waals surface area contributed by atoms with Crippen LogP contribution in [0.3, 0.4) is 0 Å². The van der Waals surface area contributed by atoms with Crippen LogP contribution >= 0.6 is 0 Å². The van der Waals surface area contributed by atoms with E-state index in [0.29, 0.717) is 6.54 Å². The van der Waals surface area contributed by atoms with E-state index in [0.717, 1.165) is 49.2 Å². The normalized spacial score (nSPS) is 15.8. The van der Waals surface area contributed by atoms with Gasteiger partial charge in [-0.1, -0.05) is 6.07 Å². The van der Waals surface area contributed by atoms with Crippen LogP contribution in [0.25, 0.3) is 0 Å². The van der Waals surface area contributed by atoms with Crippen molar-refractivity contribution in [1.82, 2.24) is 19.9 Å². The SMILES string of the molecule is Cc1cc(NCc2cccnc2)nc(N2CCN(C)CC2)n1. The average molecular weight is 298 g/mol. The summed E-state index contributed by atoms with van der Waals surface area (Å²) in [5.74, 6) is 1.69. The predicted octanol–water partition coefficient (Wildman–Crippen LogP) is 1.54. The van der Waals surface area contributed by atoms with E-state index in [2.05, 4.69) is 43.2 Å². The number of rotatable bonds is 4. The summed E-state index contributed by atoms with van der Waals surface area (Å²) in [7, 11) is 2.15. The monoisotopic (exact) mass is 298 g/mol. The second kappa shape index (κ2) is 6.70. The van der Waals surface area contributed by atoms with Crippen molar-refractivity contribution < 1.29 is 0 Å². The number of nitrogens with one attached hydrogen (secondary N) is 1. The first-order valence-corrected chi connectivity index (χ1v) is 7.63. The van der Waals surface area contributed by atoms with Crippen molar-refractivity contribution >= 4 is 11.8 Å². The van der Waals surface area contributed by atoms with Crippen LogP contribution in [0.1, 0.15) is 11.3 Å². The summed E-state index contributed by atoms with van der Waals surface area (Å²) in [6.45, 7) is 6.78. The molecule has 1 saturated heterocycles. The van der Waals surface area contributed by atoms with Crippen molar-refractivity contribution in [3.63, 3.8) is 0 Å². The lowest BCUT2D eigenvalue weighted by atomic mass is 10.3. The molecule has 0 aromatic carbocycles. The van der Waals surface area contributed by atoms with Gasteiger partial charge >= 0.3 is 0 Å². The van der Waals surface area contributed by atoms with Gasteiger partial charge in [-0.2, -0.15) is 4.98 Å². The first-order valence-electron chi connectivity index (χ1n) is 7.63. The number of anilines is 2. The molecule has 0 radical (unpaired) electrons. The first-order chi connectivity index (χ1) is 10.7. The van der Waals surface area contributed by atoms with Crippen molar-refractivity contribution in [2.24, 2.45) is 0 Å². The molecule has 2 aromatic heterocycles. The Balaban J connectivity index is 1.70. The number of aromatic nitrogens is 3. The van der Waals surface area contributed by atoms with Crippen LogP contribution in [0, 0.1) is 6.92 Å². The van der Waals surface area contributed by atoms with E-state index in [1.807, 2.05) is 25.3 Å². The van der Waals surface area contributed by atoms with Crippen molar-refractivity contribution in [3.05, 3.63) is 41.9 Å². The van der Waals surface area contributed by atoms with E-state index in [1.54, 1.807) is 6.20 Å². The summed E-state index contributed by atoms with van der Waals surface area (Å²) >= 11 is 0. The predicted molar refractivity (Wildman–Crippen MR) is 88.0 cm³/mol. The molecular formula is C16H22N6. The summed E-state index contributed by atoms with van der Waals surface area (Å²) in [6, 6.07) is 5.98. The van der Waals surface area contributed by atoms with Crippen molar-refractivity contribution in [1.29, 1.82) is 0 Å². The van der Waals surface area contributed by atoms with Gasteiger partial charge in [-0.3, -0.25) is 4.98 Å². The summed E-state index contributed by atoms with van der Waals surface area (Å²) < 4.78 is 0. The molecule has 0 aliphatic carbocycles. The van der Waals surface area contributed by atoms with E-state index in [1.165, 1.54) is 0 Å². The Kier molecular flexibility index (Phi) is 4.48. The van der Waals surface area contributed by atoms with Crippen LogP contribution in [-0.2, 0) is 6.54 Å². The summed E-state index contributed by atoms with van der Waals surface area (Å²) in [5, 5.41) is 3.36. The third-order valence-corrected chi connectivity index (χ3v) is 3.82. The van der Waals surface area contributed by atoms with Gasteiger partial charge in [0.15, 0.2) is 0 Å². The smallest absolute Gasteiger partial charge is 0.227 e. The largest absolute Gasteiger partial charge is 0.366 e. The molecule has 0 saturated carbocycles. The van der Waals surface area contributed by atoms with Gasteiger partial charge in [-0.25, -0.2) is 4.98 Å². The molecule has 1 N–H and O–H groups in total. The molecule has 22 heavy (non-hydrogen) atoms. The number of hydrogen-bond acceptors (Lipinski definition) is 6. The lowest BCUT2D eigenvalue weighted by Crippen LogP contribution is -2.45. The molecule has 116 valence electrons. The maximum absolute atomic E-state index is 4.66. The van der Waals surface area contributed by atoms with E-state index in [-0.39, 0.29) is 0 Å². The second-order valence-electron chi connectivity index (χ2n) is 5.70. The summed E-state index contributed by atoms with van der Waals surface area (Å²) in [4.78, 5) is 18.0. The zero-order valence-electron chi connectivity index (χ0n) is 13.2. The topological polar surface area (TPSA) is 57.2 Å². The molecule has 1 fully saturated rings. The van der Waals surface area contributed by atoms with Gasteiger partial charge in [-0.15, -0.1) is 0 Å². The van der Waals surface area contributed by atoms with Crippen LogP contribution in [0.5, 0.6) is 0 Å². The quantitative estimate of drug-likeness (QED) is 0.924. The molecule has 6 nitrogen and oxygen atoms in total. The van der Waals surface area contributed by atoms with E-state index < -0.39 is 0 Å². The van der Waals surface area contributed by atoms with Gasteiger partial charge in [0.2, 0.25) is 5.95 Å². The van der Waals surface area contributed by atoms with Gasteiger partial charge in [0.1, 0.15) is 5.82 Å². The van der Waals surface area contributed by atoms with E-state index in [4.69, 9.17) is 0 Å². The fraction of sp³-hybridized carbons (Fsp3) is 0.438. The first kappa shape index (κ1) is 14.7. The molecule has 3 rings (SSSR count). The molecule has 0 unspecified atom stereocenters. The molecule has 2 aromatic rings. The van der Waals surface area contributed by atoms with Crippen molar-refractivity contribution in [2.75, 3.05) is 43.4 Å². The minimum atomic E-state index is 0.715. The third kappa shape index (κ3) is 3.71. The fourth-order valence-electron chi connectivity index (χ4n) is 2.49. The Morgan fingerprint density at radius 1 is 1.18 bits per heavy atom. The summed E-state index contributed by atoms with van der Waals surface area (Å²) in [5.41, 5.74) is 2.12. The highest BCUT2D eigenvalue weighted by Crippen LogP contribution is 2.16. The number of nitrogens with zero attached hydrogens (tertiary/aromatic N) is 5. The molecule has 0 atom stereocenters. The average Bonchev–Trinajstić information content (AvgIpc) is 2.54. The van der Waals surface area contributed by atoms with Gasteiger partial charge < -0.3 is 15.1 Å². The highest BCUT2D eigenvalue weighted by atomic mass is 15.3. The van der Waals surface area contributed by atoms with Crippen molar-refractivity contribution in [3.8, 4) is 0 Å². The van der Waals surface area contributed by atoms with Crippen LogP contribution in [0.15, 0.2) is 30.6 Å². The molecule has 3 heterocycles. The number of piperazine rings is 1. The Labute approximate surface area is 131 Å².